The van der Waals surface area contributed by atoms with E-state index in [1.54, 1.807) is 11.8 Å². The Kier molecular flexibility index (Phi) is 3.88. The van der Waals surface area contributed by atoms with E-state index in [-0.39, 0.29) is 0 Å². The average molecular weight is 297 g/mol. The van der Waals surface area contributed by atoms with E-state index in [9.17, 15) is 0 Å². The summed E-state index contributed by atoms with van der Waals surface area (Å²) < 4.78 is 0. The molecule has 1 heterocycles. The zero-order valence-corrected chi connectivity index (χ0v) is 13.4. The molecule has 4 heteroatoms. The molecule has 0 unspecified atom stereocenters. The third-order valence-corrected chi connectivity index (χ3v) is 4.38. The minimum atomic E-state index is 0.910. The molecular formula is C17H19N3S. The van der Waals surface area contributed by atoms with Crippen molar-refractivity contribution in [3.8, 4) is 0 Å². The topological polar surface area (TPSA) is 31.9 Å². The number of H-pyrrole nitrogens is 1. The first-order valence-corrected chi connectivity index (χ1v) is 7.96. The van der Waals surface area contributed by atoms with Gasteiger partial charge in [-0.3, -0.25) is 0 Å². The fraction of sp³-hybridized carbons (Fsp3) is 0.235. The lowest BCUT2D eigenvalue weighted by atomic mass is 10.2. The van der Waals surface area contributed by atoms with Crippen LogP contribution in [0.5, 0.6) is 0 Å². The molecular weight excluding hydrogens is 278 g/mol. The Morgan fingerprint density at radius 3 is 2.76 bits per heavy atom. The summed E-state index contributed by atoms with van der Waals surface area (Å²) in [4.78, 5) is 10.2. The van der Waals surface area contributed by atoms with Crippen molar-refractivity contribution in [3.63, 3.8) is 0 Å². The fourth-order valence-electron chi connectivity index (χ4n) is 2.38. The van der Waals surface area contributed by atoms with Gasteiger partial charge < -0.3 is 9.88 Å². The summed E-state index contributed by atoms with van der Waals surface area (Å²) in [6.45, 7) is 2.10. The van der Waals surface area contributed by atoms with E-state index in [1.807, 2.05) is 0 Å². The van der Waals surface area contributed by atoms with Crippen molar-refractivity contribution >= 4 is 28.5 Å². The summed E-state index contributed by atoms with van der Waals surface area (Å²) in [5.74, 6) is 0.910. The van der Waals surface area contributed by atoms with E-state index in [1.165, 1.54) is 16.8 Å². The zero-order chi connectivity index (χ0) is 14.8. The number of aromatic amines is 1. The zero-order valence-electron chi connectivity index (χ0n) is 12.6. The normalized spacial score (nSPS) is 11.0. The van der Waals surface area contributed by atoms with E-state index < -0.39 is 0 Å². The number of anilines is 1. The largest absolute Gasteiger partial charge is 0.377 e. The second kappa shape index (κ2) is 5.82. The molecule has 3 nitrogen and oxygen atoms in total. The highest BCUT2D eigenvalue weighted by molar-refractivity contribution is 7.98. The molecule has 1 N–H and O–H groups in total. The van der Waals surface area contributed by atoms with Gasteiger partial charge in [0.05, 0.1) is 11.0 Å². The van der Waals surface area contributed by atoms with Gasteiger partial charge >= 0.3 is 0 Å². The standard InChI is InChI=1S/C17H19N3S/c1-12-8-9-14-15(10-12)19-17(18-14)21-11-13-6-4-5-7-16(13)20(2)3/h4-10H,11H2,1-3H3,(H,18,19). The molecule has 0 radical (unpaired) electrons. The summed E-state index contributed by atoms with van der Waals surface area (Å²) in [5, 5.41) is 0.976. The molecule has 0 spiro atoms. The first-order valence-electron chi connectivity index (χ1n) is 6.98. The lowest BCUT2D eigenvalue weighted by molar-refractivity contribution is 1.07. The molecule has 0 aliphatic carbocycles. The SMILES string of the molecule is Cc1ccc2nc(SCc3ccccc3N(C)C)[nH]c2c1. The van der Waals surface area contributed by atoms with Crippen molar-refractivity contribution in [1.82, 2.24) is 9.97 Å². The molecule has 2 aromatic carbocycles. The van der Waals surface area contributed by atoms with Gasteiger partial charge in [-0.1, -0.05) is 36.0 Å². The maximum atomic E-state index is 4.64. The number of benzene rings is 2. The molecule has 0 amide bonds. The van der Waals surface area contributed by atoms with Crippen LogP contribution in [-0.4, -0.2) is 24.1 Å². The van der Waals surface area contributed by atoms with Gasteiger partial charge in [0.15, 0.2) is 5.16 Å². The van der Waals surface area contributed by atoms with Crippen LogP contribution in [0.4, 0.5) is 5.69 Å². The smallest absolute Gasteiger partial charge is 0.166 e. The molecule has 0 bridgehead atoms. The van der Waals surface area contributed by atoms with E-state index in [0.717, 1.165) is 21.9 Å². The predicted molar refractivity (Wildman–Crippen MR) is 91.2 cm³/mol. The molecule has 21 heavy (non-hydrogen) atoms. The Morgan fingerprint density at radius 1 is 1.14 bits per heavy atom. The van der Waals surface area contributed by atoms with Crippen molar-refractivity contribution in [3.05, 3.63) is 53.6 Å². The van der Waals surface area contributed by atoms with Gasteiger partial charge in [0.2, 0.25) is 0 Å². The lowest BCUT2D eigenvalue weighted by Crippen LogP contribution is -2.10. The summed E-state index contributed by atoms with van der Waals surface area (Å²) in [5.41, 5.74) is 5.98. The second-order valence-electron chi connectivity index (χ2n) is 5.37. The van der Waals surface area contributed by atoms with Crippen LogP contribution in [0.1, 0.15) is 11.1 Å². The van der Waals surface area contributed by atoms with Crippen LogP contribution in [0.3, 0.4) is 0 Å². The number of thioether (sulfide) groups is 1. The minimum absolute atomic E-state index is 0.910. The van der Waals surface area contributed by atoms with E-state index >= 15 is 0 Å². The third kappa shape index (κ3) is 3.05. The first kappa shape index (κ1) is 14.0. The Balaban J connectivity index is 1.80. The average Bonchev–Trinajstić information content (AvgIpc) is 2.87. The van der Waals surface area contributed by atoms with Crippen LogP contribution in [0.2, 0.25) is 0 Å². The molecule has 0 fully saturated rings. The van der Waals surface area contributed by atoms with Crippen molar-refractivity contribution in [1.29, 1.82) is 0 Å². The maximum Gasteiger partial charge on any atom is 0.166 e. The predicted octanol–water partition coefficient (Wildman–Crippen LogP) is 4.23. The molecule has 3 aromatic rings. The molecule has 0 aliphatic rings. The molecule has 0 aliphatic heterocycles. The highest BCUT2D eigenvalue weighted by atomic mass is 32.2. The quantitative estimate of drug-likeness (QED) is 0.731. The van der Waals surface area contributed by atoms with Crippen LogP contribution in [-0.2, 0) is 5.75 Å². The molecule has 0 saturated carbocycles. The molecule has 108 valence electrons. The number of aryl methyl sites for hydroxylation is 1. The van der Waals surface area contributed by atoms with Gasteiger partial charge in [0.25, 0.3) is 0 Å². The summed E-state index contributed by atoms with van der Waals surface area (Å²) in [6, 6.07) is 14.8. The number of aromatic nitrogens is 2. The van der Waals surface area contributed by atoms with E-state index in [0.29, 0.717) is 0 Å². The van der Waals surface area contributed by atoms with Crippen LogP contribution in [0, 0.1) is 6.92 Å². The number of imidazole rings is 1. The number of para-hydroxylation sites is 1. The number of rotatable bonds is 4. The maximum absolute atomic E-state index is 4.64. The summed E-state index contributed by atoms with van der Waals surface area (Å²) in [7, 11) is 4.15. The van der Waals surface area contributed by atoms with Gasteiger partial charge in [-0.05, 0) is 36.2 Å². The second-order valence-corrected chi connectivity index (χ2v) is 6.34. The molecule has 0 saturated heterocycles. The molecule has 3 rings (SSSR count). The van der Waals surface area contributed by atoms with Crippen molar-refractivity contribution in [2.45, 2.75) is 17.8 Å². The number of nitrogens with zero attached hydrogens (tertiary/aromatic N) is 2. The fourth-order valence-corrected chi connectivity index (χ4v) is 3.27. The van der Waals surface area contributed by atoms with E-state index in [4.69, 9.17) is 0 Å². The van der Waals surface area contributed by atoms with Crippen LogP contribution in [0.15, 0.2) is 47.6 Å². The first-order chi connectivity index (χ1) is 10.1. The number of hydrogen-bond donors (Lipinski definition) is 1. The van der Waals surface area contributed by atoms with Gasteiger partial charge in [-0.15, -0.1) is 0 Å². The van der Waals surface area contributed by atoms with Crippen LogP contribution in [0.25, 0.3) is 11.0 Å². The van der Waals surface area contributed by atoms with Crippen LogP contribution < -0.4 is 4.90 Å². The van der Waals surface area contributed by atoms with Gasteiger partial charge in [0.1, 0.15) is 0 Å². The number of nitrogens with one attached hydrogen (secondary N) is 1. The molecule has 1 aromatic heterocycles. The van der Waals surface area contributed by atoms with Crippen molar-refractivity contribution in [2.24, 2.45) is 0 Å². The third-order valence-electron chi connectivity index (χ3n) is 3.45. The van der Waals surface area contributed by atoms with Crippen LogP contribution >= 0.6 is 11.8 Å². The van der Waals surface area contributed by atoms with Gasteiger partial charge in [-0.25, -0.2) is 4.98 Å². The van der Waals surface area contributed by atoms with E-state index in [2.05, 4.69) is 78.4 Å². The number of hydrogen-bond acceptors (Lipinski definition) is 3. The molecule has 0 atom stereocenters. The Labute approximate surface area is 129 Å². The van der Waals surface area contributed by atoms with Gasteiger partial charge in [-0.2, -0.15) is 0 Å². The number of fused-ring (bicyclic) bond motifs is 1. The Hall–Kier alpha value is -1.94. The Morgan fingerprint density at radius 2 is 1.95 bits per heavy atom. The lowest BCUT2D eigenvalue weighted by Gasteiger charge is -2.16. The Bertz CT molecular complexity index is 762. The highest BCUT2D eigenvalue weighted by Gasteiger charge is 2.07. The monoisotopic (exact) mass is 297 g/mol. The summed E-state index contributed by atoms with van der Waals surface area (Å²) in [6.07, 6.45) is 0. The van der Waals surface area contributed by atoms with Gasteiger partial charge in [0, 0.05) is 25.5 Å². The van der Waals surface area contributed by atoms with Crippen molar-refractivity contribution < 1.29 is 0 Å². The van der Waals surface area contributed by atoms with Crippen molar-refractivity contribution in [2.75, 3.05) is 19.0 Å². The highest BCUT2D eigenvalue weighted by Crippen LogP contribution is 2.27. The summed E-state index contributed by atoms with van der Waals surface area (Å²) >= 11 is 1.74. The minimum Gasteiger partial charge on any atom is -0.377 e.